The van der Waals surface area contributed by atoms with E-state index in [0.717, 1.165) is 24.3 Å². The normalized spacial score (nSPS) is 20.3. The zero-order valence-corrected chi connectivity index (χ0v) is 21.7. The van der Waals surface area contributed by atoms with Crippen LogP contribution in [0.3, 0.4) is 0 Å². The van der Waals surface area contributed by atoms with Crippen molar-refractivity contribution in [2.45, 2.75) is 21.6 Å². The van der Waals surface area contributed by atoms with E-state index in [1.54, 1.807) is 0 Å². The molecule has 0 saturated heterocycles. The molecule has 1 fully saturated rings. The fraction of sp³-hybridized carbons (Fsp3) is 0.167. The number of nitrogens with one attached hydrogen (secondary N) is 1. The highest BCUT2D eigenvalue weighted by molar-refractivity contribution is 8.45. The third kappa shape index (κ3) is 5.90. The van der Waals surface area contributed by atoms with Gasteiger partial charge < -0.3 is 5.32 Å². The van der Waals surface area contributed by atoms with Crippen molar-refractivity contribution in [1.29, 1.82) is 0 Å². The van der Waals surface area contributed by atoms with Crippen LogP contribution >= 0.6 is 45.0 Å². The molecule has 204 valence electrons. The summed E-state index contributed by atoms with van der Waals surface area (Å²) < 4.78 is 91.4. The molecule has 2 unspecified atom stereocenters. The van der Waals surface area contributed by atoms with Crippen LogP contribution in [0.5, 0.6) is 0 Å². The van der Waals surface area contributed by atoms with Crippen LogP contribution in [0, 0.1) is 17.6 Å². The van der Waals surface area contributed by atoms with Crippen molar-refractivity contribution in [1.82, 2.24) is 0 Å². The molecule has 0 aromatic heterocycles. The van der Waals surface area contributed by atoms with Gasteiger partial charge in [-0.1, -0.05) is 49.2 Å². The Bertz CT molecular complexity index is 1480. The molecule has 1 aliphatic carbocycles. The highest BCUT2D eigenvalue weighted by atomic mass is 35.5. The van der Waals surface area contributed by atoms with Gasteiger partial charge in [-0.25, -0.2) is 8.78 Å². The van der Waals surface area contributed by atoms with Crippen LogP contribution in [0.1, 0.15) is 27.4 Å². The molecule has 3 aromatic carbocycles. The Labute approximate surface area is 226 Å². The van der Waals surface area contributed by atoms with Crippen molar-refractivity contribution in [3.8, 4) is 0 Å². The van der Waals surface area contributed by atoms with Crippen LogP contribution in [0.25, 0.3) is 0 Å². The second-order valence-electron chi connectivity index (χ2n) is 8.69. The zero-order valence-electron chi connectivity index (χ0n) is 18.6. The van der Waals surface area contributed by atoms with Crippen molar-refractivity contribution in [2.75, 3.05) is 5.32 Å². The lowest BCUT2D eigenvalue weighted by Crippen LogP contribution is -2.17. The first kappa shape index (κ1) is 28.5. The van der Waals surface area contributed by atoms with E-state index in [1.807, 2.05) is 0 Å². The number of halogens is 10. The number of benzene rings is 3. The molecule has 2 atom stereocenters. The Balaban J connectivity index is 1.54. The van der Waals surface area contributed by atoms with Gasteiger partial charge in [-0.2, -0.15) is 0 Å². The highest BCUT2D eigenvalue weighted by Gasteiger charge is 2.69. The first-order chi connectivity index (χ1) is 17.3. The molecule has 3 nitrogen and oxygen atoms in total. The molecular formula is C24H15Cl3F7NO2S. The van der Waals surface area contributed by atoms with E-state index in [0.29, 0.717) is 6.07 Å². The molecule has 0 spiro atoms. The summed E-state index contributed by atoms with van der Waals surface area (Å²) in [5.74, 6) is -5.83. The predicted octanol–water partition coefficient (Wildman–Crippen LogP) is 9.23. The summed E-state index contributed by atoms with van der Waals surface area (Å²) in [7, 11) is -9.99. The molecular weight excluding hydrogens is 606 g/mol. The third-order valence-electron chi connectivity index (χ3n) is 5.90. The lowest BCUT2D eigenvalue weighted by atomic mass is 10.0. The number of alkyl halides is 2. The Morgan fingerprint density at radius 3 is 2.24 bits per heavy atom. The minimum Gasteiger partial charge on any atom is -0.326 e. The fourth-order valence-corrected chi connectivity index (χ4v) is 5.73. The molecule has 0 aliphatic heterocycles. The van der Waals surface area contributed by atoms with E-state index in [9.17, 15) is 37.8 Å². The number of hydrogen-bond donors (Lipinski definition) is 1. The van der Waals surface area contributed by atoms with E-state index in [-0.39, 0.29) is 39.5 Å². The van der Waals surface area contributed by atoms with Crippen molar-refractivity contribution >= 4 is 62.4 Å². The number of ketones is 1. The molecule has 1 saturated carbocycles. The first-order valence-electron chi connectivity index (χ1n) is 10.6. The van der Waals surface area contributed by atoms with Gasteiger partial charge in [0.05, 0.1) is 10.9 Å². The second-order valence-corrected chi connectivity index (χ2v) is 13.0. The van der Waals surface area contributed by atoms with Crippen LogP contribution in [0.4, 0.5) is 33.9 Å². The van der Waals surface area contributed by atoms with E-state index >= 15 is 0 Å². The summed E-state index contributed by atoms with van der Waals surface area (Å²) >= 11 is 18.3. The Morgan fingerprint density at radius 2 is 1.61 bits per heavy atom. The molecule has 1 aliphatic rings. The smallest absolute Gasteiger partial charge is 0.310 e. The standard InChI is InChI=1S/C24H15Cl3F7NO2S/c25-18-7-6-15(11-17(18)20(36)9-12-4-5-14(28)10-19(12)29)35-23(37)22-21(24(22,26)27)13-2-1-3-16(8-13)38(30,31,32,33)34/h1-8,10-11,21-22H,9H2,(H,35,37). The van der Waals surface area contributed by atoms with E-state index in [2.05, 4.69) is 5.32 Å². The molecule has 1 N–H and O–H groups in total. The van der Waals surface area contributed by atoms with Gasteiger partial charge in [0.1, 0.15) is 20.9 Å². The maximum Gasteiger partial charge on any atom is 0.310 e. The molecule has 0 bridgehead atoms. The third-order valence-corrected chi connectivity index (χ3v) is 8.31. The van der Waals surface area contributed by atoms with Crippen LogP contribution in [-0.4, -0.2) is 16.0 Å². The van der Waals surface area contributed by atoms with Crippen LogP contribution in [0.15, 0.2) is 65.6 Å². The monoisotopic (exact) mass is 619 g/mol. The van der Waals surface area contributed by atoms with Crippen LogP contribution in [-0.2, 0) is 11.2 Å². The summed E-state index contributed by atoms with van der Waals surface area (Å²) in [5.41, 5.74) is -0.482. The van der Waals surface area contributed by atoms with Crippen molar-refractivity contribution < 1.29 is 37.8 Å². The Kier molecular flexibility index (Phi) is 6.59. The summed E-state index contributed by atoms with van der Waals surface area (Å²) in [4.78, 5) is 23.4. The van der Waals surface area contributed by atoms with Gasteiger partial charge in [-0.15, -0.1) is 23.2 Å². The number of amides is 1. The lowest BCUT2D eigenvalue weighted by molar-refractivity contribution is -0.117. The number of Topliss-reactive ketones (excluding diaryl/α,β-unsaturated/α-hetero) is 1. The second kappa shape index (κ2) is 8.77. The molecule has 0 radical (unpaired) electrons. The Morgan fingerprint density at radius 1 is 0.921 bits per heavy atom. The number of carbonyl (C=O) groups is 2. The summed E-state index contributed by atoms with van der Waals surface area (Å²) in [6.07, 6.45) is -0.469. The SMILES string of the molecule is O=C(Cc1ccc(F)cc1F)c1cc(NC(=O)C2C(c3cccc(S(F)(F)(F)(F)F)c3)C2(Cl)Cl)ccc1Cl. The summed E-state index contributed by atoms with van der Waals surface area (Å²) in [6, 6.07) is 8.75. The zero-order chi connectivity index (χ0) is 28.3. The average Bonchev–Trinajstić information content (AvgIpc) is 3.37. The van der Waals surface area contributed by atoms with Gasteiger partial charge in [0.15, 0.2) is 5.78 Å². The molecule has 1 amide bonds. The predicted molar refractivity (Wildman–Crippen MR) is 133 cm³/mol. The lowest BCUT2D eigenvalue weighted by Gasteiger charge is -2.40. The topological polar surface area (TPSA) is 46.2 Å². The fourth-order valence-electron chi connectivity index (χ4n) is 3.99. The maximum absolute atomic E-state index is 13.9. The van der Waals surface area contributed by atoms with Gasteiger partial charge in [0.25, 0.3) is 0 Å². The summed E-state index contributed by atoms with van der Waals surface area (Å²) in [5, 5.41) is 2.39. The average molecular weight is 621 g/mol. The number of carbonyl (C=O) groups excluding carboxylic acids is 2. The number of hydrogen-bond acceptors (Lipinski definition) is 2. The minimum atomic E-state index is -9.99. The quantitative estimate of drug-likeness (QED) is 0.163. The Hall–Kier alpha value is -2.47. The van der Waals surface area contributed by atoms with Gasteiger partial charge in [-0.3, -0.25) is 9.59 Å². The molecule has 38 heavy (non-hydrogen) atoms. The maximum atomic E-state index is 13.9. The van der Waals surface area contributed by atoms with E-state index in [4.69, 9.17) is 34.8 Å². The summed E-state index contributed by atoms with van der Waals surface area (Å²) in [6.45, 7) is 0. The first-order valence-corrected chi connectivity index (χ1v) is 13.7. The number of anilines is 1. The van der Waals surface area contributed by atoms with Crippen molar-refractivity contribution in [3.63, 3.8) is 0 Å². The van der Waals surface area contributed by atoms with Gasteiger partial charge >= 0.3 is 10.2 Å². The number of rotatable bonds is 7. The van der Waals surface area contributed by atoms with E-state index < -0.39 is 61.0 Å². The molecule has 14 heteroatoms. The molecule has 4 rings (SSSR count). The van der Waals surface area contributed by atoms with Gasteiger partial charge in [-0.05, 0) is 47.5 Å². The van der Waals surface area contributed by atoms with E-state index in [1.165, 1.54) is 18.2 Å². The van der Waals surface area contributed by atoms with Crippen molar-refractivity contribution in [3.05, 3.63) is 94.0 Å². The van der Waals surface area contributed by atoms with Crippen molar-refractivity contribution in [2.24, 2.45) is 5.92 Å². The molecule has 3 aromatic rings. The van der Waals surface area contributed by atoms with Gasteiger partial charge in [0, 0.05) is 29.7 Å². The van der Waals surface area contributed by atoms with Crippen LogP contribution < -0.4 is 5.32 Å². The highest BCUT2D eigenvalue weighted by Crippen LogP contribution is 3.02. The minimum absolute atomic E-state index is 0.0258. The molecule has 0 heterocycles. The van der Waals surface area contributed by atoms with Crippen LogP contribution in [0.2, 0.25) is 5.02 Å². The largest absolute Gasteiger partial charge is 0.326 e. The van der Waals surface area contributed by atoms with Gasteiger partial charge in [0.2, 0.25) is 5.91 Å².